The van der Waals surface area contributed by atoms with Crippen molar-refractivity contribution in [2.75, 3.05) is 13.1 Å². The van der Waals surface area contributed by atoms with Crippen LogP contribution in [-0.2, 0) is 11.2 Å². The molecule has 1 N–H and O–H groups in total. The molecule has 0 atom stereocenters. The first kappa shape index (κ1) is 15.2. The van der Waals surface area contributed by atoms with Gasteiger partial charge in [0.2, 0.25) is 0 Å². The fourth-order valence-corrected chi connectivity index (χ4v) is 1.92. The molecule has 0 spiro atoms. The van der Waals surface area contributed by atoms with Crippen molar-refractivity contribution in [3.63, 3.8) is 0 Å². The van der Waals surface area contributed by atoms with Gasteiger partial charge in [-0.05, 0) is 31.0 Å². The zero-order valence-corrected chi connectivity index (χ0v) is 11.6. The summed E-state index contributed by atoms with van der Waals surface area (Å²) in [6, 6.07) is 7.55. The fourth-order valence-electron chi connectivity index (χ4n) is 1.92. The van der Waals surface area contributed by atoms with Crippen molar-refractivity contribution < 1.29 is 14.7 Å². The molecular formula is C15H21NO3. The number of benzene rings is 1. The zero-order chi connectivity index (χ0) is 14.3. The summed E-state index contributed by atoms with van der Waals surface area (Å²) in [7, 11) is 0. The van der Waals surface area contributed by atoms with Crippen molar-refractivity contribution >= 4 is 11.9 Å². The number of hydrogen-bond donors (Lipinski definition) is 1. The number of nitrogens with zero attached hydrogens (tertiary/aromatic N) is 1. The molecule has 0 radical (unpaired) electrons. The molecule has 0 aliphatic rings. The lowest BCUT2D eigenvalue weighted by Crippen LogP contribution is -2.32. The average Bonchev–Trinajstić information content (AvgIpc) is 2.40. The largest absolute Gasteiger partial charge is 0.481 e. The lowest BCUT2D eigenvalue weighted by Gasteiger charge is -2.20. The molecule has 0 fully saturated rings. The van der Waals surface area contributed by atoms with E-state index in [2.05, 4.69) is 6.92 Å². The summed E-state index contributed by atoms with van der Waals surface area (Å²) in [5, 5.41) is 8.67. The van der Waals surface area contributed by atoms with Gasteiger partial charge in [0.05, 0.1) is 6.42 Å². The average molecular weight is 263 g/mol. The van der Waals surface area contributed by atoms with Gasteiger partial charge in [-0.25, -0.2) is 0 Å². The standard InChI is InChI=1S/C15H21NO3/c1-3-5-12-6-8-13(9-7-12)15(19)16(4-2)11-10-14(17)18/h6-9H,3-5,10-11H2,1-2H3,(H,17,18). The van der Waals surface area contributed by atoms with Crippen molar-refractivity contribution in [2.45, 2.75) is 33.1 Å². The molecule has 19 heavy (non-hydrogen) atoms. The Balaban J connectivity index is 2.70. The molecule has 4 heteroatoms. The molecule has 1 aromatic rings. The van der Waals surface area contributed by atoms with Crippen LogP contribution in [-0.4, -0.2) is 35.0 Å². The highest BCUT2D eigenvalue weighted by Gasteiger charge is 2.14. The second-order valence-electron chi connectivity index (χ2n) is 4.48. The molecule has 0 heterocycles. The van der Waals surface area contributed by atoms with Crippen LogP contribution in [0.5, 0.6) is 0 Å². The lowest BCUT2D eigenvalue weighted by atomic mass is 10.1. The van der Waals surface area contributed by atoms with Crippen LogP contribution in [0.2, 0.25) is 0 Å². The van der Waals surface area contributed by atoms with Crippen molar-refractivity contribution in [1.29, 1.82) is 0 Å². The molecule has 4 nitrogen and oxygen atoms in total. The van der Waals surface area contributed by atoms with Crippen molar-refractivity contribution in [2.24, 2.45) is 0 Å². The molecule has 0 saturated heterocycles. The Kier molecular flexibility index (Phi) is 6.06. The second kappa shape index (κ2) is 7.56. The van der Waals surface area contributed by atoms with Gasteiger partial charge in [-0.3, -0.25) is 9.59 Å². The van der Waals surface area contributed by atoms with Gasteiger partial charge in [-0.2, -0.15) is 0 Å². The topological polar surface area (TPSA) is 57.6 Å². The minimum atomic E-state index is -0.885. The number of carboxylic acids is 1. The van der Waals surface area contributed by atoms with Gasteiger partial charge in [-0.1, -0.05) is 25.5 Å². The number of carbonyl (C=O) groups excluding carboxylic acids is 1. The van der Waals surface area contributed by atoms with Crippen LogP contribution < -0.4 is 0 Å². The summed E-state index contributed by atoms with van der Waals surface area (Å²) in [5.41, 5.74) is 1.83. The molecule has 104 valence electrons. The first-order valence-corrected chi connectivity index (χ1v) is 6.68. The van der Waals surface area contributed by atoms with E-state index in [1.54, 1.807) is 4.90 Å². The highest BCUT2D eigenvalue weighted by molar-refractivity contribution is 5.94. The van der Waals surface area contributed by atoms with E-state index in [0.717, 1.165) is 12.8 Å². The highest BCUT2D eigenvalue weighted by atomic mass is 16.4. The number of aryl methyl sites for hydroxylation is 1. The van der Waals surface area contributed by atoms with Crippen LogP contribution in [0.15, 0.2) is 24.3 Å². The summed E-state index contributed by atoms with van der Waals surface area (Å²) in [6.07, 6.45) is 2.06. The molecule has 0 aromatic heterocycles. The smallest absolute Gasteiger partial charge is 0.305 e. The first-order chi connectivity index (χ1) is 9.08. The third-order valence-electron chi connectivity index (χ3n) is 3.00. The molecule has 1 aromatic carbocycles. The number of rotatable bonds is 7. The Bertz CT molecular complexity index is 426. The molecular weight excluding hydrogens is 242 g/mol. The first-order valence-electron chi connectivity index (χ1n) is 6.68. The van der Waals surface area contributed by atoms with Crippen LogP contribution in [0.3, 0.4) is 0 Å². The number of hydrogen-bond acceptors (Lipinski definition) is 2. The quantitative estimate of drug-likeness (QED) is 0.822. The summed E-state index contributed by atoms with van der Waals surface area (Å²) in [4.78, 5) is 24.3. The van der Waals surface area contributed by atoms with Gasteiger partial charge >= 0.3 is 5.97 Å². The molecule has 0 unspecified atom stereocenters. The Morgan fingerprint density at radius 3 is 2.26 bits per heavy atom. The van der Waals surface area contributed by atoms with E-state index < -0.39 is 5.97 Å². The fraction of sp³-hybridized carbons (Fsp3) is 0.467. The number of amides is 1. The van der Waals surface area contributed by atoms with Gasteiger partial charge in [-0.15, -0.1) is 0 Å². The predicted molar refractivity (Wildman–Crippen MR) is 74.3 cm³/mol. The Morgan fingerprint density at radius 1 is 1.16 bits per heavy atom. The van der Waals surface area contributed by atoms with E-state index in [1.165, 1.54) is 5.56 Å². The Hall–Kier alpha value is -1.84. The van der Waals surface area contributed by atoms with Gasteiger partial charge < -0.3 is 10.0 Å². The summed E-state index contributed by atoms with van der Waals surface area (Å²) >= 11 is 0. The monoisotopic (exact) mass is 263 g/mol. The molecule has 0 saturated carbocycles. The van der Waals surface area contributed by atoms with E-state index in [4.69, 9.17) is 5.11 Å². The predicted octanol–water partition coefficient (Wildman–Crippen LogP) is 2.58. The summed E-state index contributed by atoms with van der Waals surface area (Å²) in [6.45, 7) is 4.74. The maximum absolute atomic E-state index is 12.2. The maximum Gasteiger partial charge on any atom is 0.305 e. The maximum atomic E-state index is 12.2. The number of carboxylic acid groups (broad SMARTS) is 1. The van der Waals surface area contributed by atoms with E-state index in [0.29, 0.717) is 12.1 Å². The van der Waals surface area contributed by atoms with Gasteiger partial charge in [0.15, 0.2) is 0 Å². The summed E-state index contributed by atoms with van der Waals surface area (Å²) in [5.74, 6) is -0.989. The minimum Gasteiger partial charge on any atom is -0.481 e. The van der Waals surface area contributed by atoms with Crippen LogP contribution in [0, 0.1) is 0 Å². The minimum absolute atomic E-state index is 0.0203. The third-order valence-corrected chi connectivity index (χ3v) is 3.00. The molecule has 0 aliphatic heterocycles. The highest BCUT2D eigenvalue weighted by Crippen LogP contribution is 2.09. The van der Waals surface area contributed by atoms with Crippen molar-refractivity contribution in [1.82, 2.24) is 4.90 Å². The third kappa shape index (κ3) is 4.73. The van der Waals surface area contributed by atoms with Crippen LogP contribution in [0.4, 0.5) is 0 Å². The lowest BCUT2D eigenvalue weighted by molar-refractivity contribution is -0.137. The normalized spacial score (nSPS) is 10.2. The molecule has 1 amide bonds. The Morgan fingerprint density at radius 2 is 1.79 bits per heavy atom. The van der Waals surface area contributed by atoms with Gasteiger partial charge in [0, 0.05) is 18.7 Å². The van der Waals surface area contributed by atoms with Gasteiger partial charge in [0.25, 0.3) is 5.91 Å². The van der Waals surface area contributed by atoms with E-state index in [9.17, 15) is 9.59 Å². The van der Waals surface area contributed by atoms with Crippen LogP contribution >= 0.6 is 0 Å². The Labute approximate surface area is 114 Å². The SMILES string of the molecule is CCCc1ccc(C(=O)N(CC)CCC(=O)O)cc1. The van der Waals surface area contributed by atoms with Crippen molar-refractivity contribution in [3.05, 3.63) is 35.4 Å². The van der Waals surface area contributed by atoms with Crippen molar-refractivity contribution in [3.8, 4) is 0 Å². The van der Waals surface area contributed by atoms with Gasteiger partial charge in [0.1, 0.15) is 0 Å². The second-order valence-corrected chi connectivity index (χ2v) is 4.48. The molecule has 0 bridgehead atoms. The summed E-state index contributed by atoms with van der Waals surface area (Å²) < 4.78 is 0. The number of carbonyl (C=O) groups is 2. The van der Waals surface area contributed by atoms with E-state index >= 15 is 0 Å². The van der Waals surface area contributed by atoms with Crippen LogP contribution in [0.1, 0.15) is 42.6 Å². The van der Waals surface area contributed by atoms with E-state index in [1.807, 2.05) is 31.2 Å². The zero-order valence-electron chi connectivity index (χ0n) is 11.6. The molecule has 0 aliphatic carbocycles. The molecule has 1 rings (SSSR count). The van der Waals surface area contributed by atoms with Crippen LogP contribution in [0.25, 0.3) is 0 Å². The van der Waals surface area contributed by atoms with E-state index in [-0.39, 0.29) is 18.9 Å². The number of aliphatic carboxylic acids is 1.